The lowest BCUT2D eigenvalue weighted by molar-refractivity contribution is 0.0683. The van der Waals surface area contributed by atoms with Crippen molar-refractivity contribution in [1.82, 2.24) is 10.2 Å². The van der Waals surface area contributed by atoms with E-state index in [0.717, 1.165) is 18.4 Å². The van der Waals surface area contributed by atoms with Crippen molar-refractivity contribution in [2.45, 2.75) is 25.5 Å². The standard InChI is InChI=1S/C20H22N2O3/c23-19(17-10-5-2-6-11-17)22-13-7-12-18(14-22)21-20(24)25-15-16-8-3-1-4-9-16/h1-6,8-11,18H,7,12-15H2,(H,21,24). The topological polar surface area (TPSA) is 58.6 Å². The van der Waals surface area contributed by atoms with E-state index in [2.05, 4.69) is 5.32 Å². The number of amides is 2. The highest BCUT2D eigenvalue weighted by atomic mass is 16.5. The molecule has 1 saturated heterocycles. The van der Waals surface area contributed by atoms with Crippen molar-refractivity contribution in [1.29, 1.82) is 0 Å². The second-order valence-corrected chi connectivity index (χ2v) is 6.16. The van der Waals surface area contributed by atoms with Crippen molar-refractivity contribution in [2.75, 3.05) is 13.1 Å². The van der Waals surface area contributed by atoms with E-state index in [4.69, 9.17) is 4.74 Å². The Balaban J connectivity index is 1.49. The highest BCUT2D eigenvalue weighted by molar-refractivity contribution is 5.94. The predicted molar refractivity (Wildman–Crippen MR) is 95.1 cm³/mol. The summed E-state index contributed by atoms with van der Waals surface area (Å²) in [6, 6.07) is 18.7. The molecule has 0 radical (unpaired) electrons. The van der Waals surface area contributed by atoms with Crippen LogP contribution in [0, 0.1) is 0 Å². The number of hydrogen-bond acceptors (Lipinski definition) is 3. The molecule has 1 unspecified atom stereocenters. The lowest BCUT2D eigenvalue weighted by Gasteiger charge is -2.33. The summed E-state index contributed by atoms with van der Waals surface area (Å²) in [7, 11) is 0. The summed E-state index contributed by atoms with van der Waals surface area (Å²) < 4.78 is 5.26. The number of hydrogen-bond donors (Lipinski definition) is 1. The van der Waals surface area contributed by atoms with Gasteiger partial charge in [-0.1, -0.05) is 48.5 Å². The Hall–Kier alpha value is -2.82. The van der Waals surface area contributed by atoms with Crippen LogP contribution in [0.15, 0.2) is 60.7 Å². The third-order valence-corrected chi connectivity index (χ3v) is 4.26. The van der Waals surface area contributed by atoms with Gasteiger partial charge in [-0.2, -0.15) is 0 Å². The number of carbonyl (C=O) groups is 2. The largest absolute Gasteiger partial charge is 0.445 e. The zero-order valence-corrected chi connectivity index (χ0v) is 14.1. The smallest absolute Gasteiger partial charge is 0.407 e. The maximum absolute atomic E-state index is 12.5. The van der Waals surface area contributed by atoms with Gasteiger partial charge < -0.3 is 15.0 Å². The Bertz CT molecular complexity index is 703. The van der Waals surface area contributed by atoms with E-state index in [0.29, 0.717) is 18.7 Å². The van der Waals surface area contributed by atoms with E-state index < -0.39 is 6.09 Å². The molecule has 3 rings (SSSR count). The monoisotopic (exact) mass is 338 g/mol. The highest BCUT2D eigenvalue weighted by Gasteiger charge is 2.25. The molecule has 1 N–H and O–H groups in total. The van der Waals surface area contributed by atoms with Gasteiger partial charge in [0.1, 0.15) is 6.61 Å². The van der Waals surface area contributed by atoms with E-state index in [1.54, 1.807) is 4.90 Å². The number of piperidine rings is 1. The Labute approximate surface area is 147 Å². The van der Waals surface area contributed by atoms with Crippen molar-refractivity contribution in [3.05, 3.63) is 71.8 Å². The van der Waals surface area contributed by atoms with Gasteiger partial charge in [-0.3, -0.25) is 4.79 Å². The van der Waals surface area contributed by atoms with Crippen LogP contribution in [0.1, 0.15) is 28.8 Å². The zero-order chi connectivity index (χ0) is 17.5. The molecule has 0 saturated carbocycles. The SMILES string of the molecule is O=C(NC1CCCN(C(=O)c2ccccc2)C1)OCc1ccccc1. The number of nitrogens with one attached hydrogen (secondary N) is 1. The molecule has 5 heteroatoms. The van der Waals surface area contributed by atoms with Gasteiger partial charge in [-0.05, 0) is 30.5 Å². The summed E-state index contributed by atoms with van der Waals surface area (Å²) >= 11 is 0. The van der Waals surface area contributed by atoms with E-state index in [1.807, 2.05) is 60.7 Å². The van der Waals surface area contributed by atoms with Crippen LogP contribution in [-0.4, -0.2) is 36.0 Å². The average molecular weight is 338 g/mol. The fourth-order valence-electron chi connectivity index (χ4n) is 2.97. The van der Waals surface area contributed by atoms with E-state index in [1.165, 1.54) is 0 Å². The second kappa shape index (κ2) is 8.33. The minimum Gasteiger partial charge on any atom is -0.445 e. The van der Waals surface area contributed by atoms with Gasteiger partial charge in [0.05, 0.1) is 0 Å². The summed E-state index contributed by atoms with van der Waals surface area (Å²) in [5.74, 6) is 0.00440. The van der Waals surface area contributed by atoms with Gasteiger partial charge in [0.15, 0.2) is 0 Å². The van der Waals surface area contributed by atoms with Gasteiger partial charge in [-0.25, -0.2) is 4.79 Å². The molecule has 1 heterocycles. The number of likely N-dealkylation sites (tertiary alicyclic amines) is 1. The molecule has 2 aromatic carbocycles. The number of carbonyl (C=O) groups excluding carboxylic acids is 2. The summed E-state index contributed by atoms with van der Waals surface area (Å²) in [5.41, 5.74) is 1.62. The predicted octanol–water partition coefficient (Wildman–Crippen LogP) is 3.22. The minimum atomic E-state index is -0.442. The van der Waals surface area contributed by atoms with Gasteiger partial charge >= 0.3 is 6.09 Å². The summed E-state index contributed by atoms with van der Waals surface area (Å²) in [4.78, 5) is 26.3. The molecule has 1 fully saturated rings. The fraction of sp³-hybridized carbons (Fsp3) is 0.300. The Morgan fingerprint density at radius 3 is 2.44 bits per heavy atom. The van der Waals surface area contributed by atoms with E-state index in [-0.39, 0.29) is 18.6 Å². The van der Waals surface area contributed by atoms with Crippen LogP contribution in [0.25, 0.3) is 0 Å². The van der Waals surface area contributed by atoms with Crippen LogP contribution in [0.4, 0.5) is 4.79 Å². The normalized spacial score (nSPS) is 17.0. The Morgan fingerprint density at radius 1 is 1.04 bits per heavy atom. The molecular weight excluding hydrogens is 316 g/mol. The quantitative estimate of drug-likeness (QED) is 0.931. The molecule has 1 aliphatic heterocycles. The third kappa shape index (κ3) is 4.83. The molecule has 2 amide bonds. The zero-order valence-electron chi connectivity index (χ0n) is 14.1. The molecule has 1 aliphatic rings. The van der Waals surface area contributed by atoms with Gasteiger partial charge in [0.25, 0.3) is 5.91 Å². The summed E-state index contributed by atoms with van der Waals surface area (Å²) in [6.07, 6.45) is 1.27. The Morgan fingerprint density at radius 2 is 1.72 bits per heavy atom. The van der Waals surface area contributed by atoms with Crippen molar-refractivity contribution in [2.24, 2.45) is 0 Å². The van der Waals surface area contributed by atoms with E-state index >= 15 is 0 Å². The van der Waals surface area contributed by atoms with Gasteiger partial charge in [0.2, 0.25) is 0 Å². The average Bonchev–Trinajstić information content (AvgIpc) is 2.67. The first kappa shape index (κ1) is 17.0. The summed E-state index contributed by atoms with van der Waals surface area (Å²) in [5, 5.41) is 2.87. The fourth-order valence-corrected chi connectivity index (χ4v) is 2.97. The van der Waals surface area contributed by atoms with Crippen molar-refractivity contribution >= 4 is 12.0 Å². The Kier molecular flexibility index (Phi) is 5.67. The summed E-state index contributed by atoms with van der Waals surface area (Å²) in [6.45, 7) is 1.46. The van der Waals surface area contributed by atoms with Crippen LogP contribution >= 0.6 is 0 Å². The van der Waals surface area contributed by atoms with Crippen LogP contribution in [0.5, 0.6) is 0 Å². The van der Waals surface area contributed by atoms with Crippen LogP contribution in [0.3, 0.4) is 0 Å². The third-order valence-electron chi connectivity index (χ3n) is 4.26. The van der Waals surface area contributed by atoms with Crippen LogP contribution in [-0.2, 0) is 11.3 Å². The highest BCUT2D eigenvalue weighted by Crippen LogP contribution is 2.14. The van der Waals surface area contributed by atoms with Crippen LogP contribution < -0.4 is 5.32 Å². The van der Waals surface area contributed by atoms with Gasteiger partial charge in [0, 0.05) is 24.7 Å². The lowest BCUT2D eigenvalue weighted by Crippen LogP contribution is -2.49. The molecule has 25 heavy (non-hydrogen) atoms. The van der Waals surface area contributed by atoms with Crippen molar-refractivity contribution in [3.8, 4) is 0 Å². The minimum absolute atomic E-state index is 0.00440. The molecule has 0 aromatic heterocycles. The molecule has 0 bridgehead atoms. The maximum Gasteiger partial charge on any atom is 0.407 e. The first-order chi connectivity index (χ1) is 12.2. The number of rotatable bonds is 4. The number of nitrogens with zero attached hydrogens (tertiary/aromatic N) is 1. The first-order valence-corrected chi connectivity index (χ1v) is 8.54. The second-order valence-electron chi connectivity index (χ2n) is 6.16. The first-order valence-electron chi connectivity index (χ1n) is 8.54. The molecule has 0 aliphatic carbocycles. The van der Waals surface area contributed by atoms with Gasteiger partial charge in [-0.15, -0.1) is 0 Å². The maximum atomic E-state index is 12.5. The number of alkyl carbamates (subject to hydrolysis) is 1. The number of ether oxygens (including phenoxy) is 1. The molecule has 130 valence electrons. The van der Waals surface area contributed by atoms with Crippen molar-refractivity contribution in [3.63, 3.8) is 0 Å². The number of benzene rings is 2. The van der Waals surface area contributed by atoms with Crippen LogP contribution in [0.2, 0.25) is 0 Å². The molecular formula is C20H22N2O3. The van der Waals surface area contributed by atoms with E-state index in [9.17, 15) is 9.59 Å². The molecule has 5 nitrogen and oxygen atoms in total. The van der Waals surface area contributed by atoms with Crippen molar-refractivity contribution < 1.29 is 14.3 Å². The lowest BCUT2D eigenvalue weighted by atomic mass is 10.0. The molecule has 0 spiro atoms. The molecule has 2 aromatic rings. The molecule has 1 atom stereocenters.